The number of nitrogens with one attached hydrogen (secondary N) is 2. The zero-order valence-electron chi connectivity index (χ0n) is 14.3. The standard InChI is InChI=1S/C17H23N5O2.ClH/c1-13-16(20-21-22(13)14-7-9-18-10-8-14)17(23)19-11-12-24-15-5-3-2-4-6-15;/h2-6,14,18H,7-12H2,1H3,(H,19,23);1H. The Hall–Kier alpha value is -2.12. The van der Waals surface area contributed by atoms with Gasteiger partial charge in [0.05, 0.1) is 18.3 Å². The van der Waals surface area contributed by atoms with E-state index in [2.05, 4.69) is 20.9 Å². The van der Waals surface area contributed by atoms with Gasteiger partial charge in [-0.15, -0.1) is 17.5 Å². The second kappa shape index (κ2) is 9.39. The Morgan fingerprint density at radius 2 is 2.04 bits per heavy atom. The summed E-state index contributed by atoms with van der Waals surface area (Å²) >= 11 is 0. The van der Waals surface area contributed by atoms with Crippen molar-refractivity contribution in [1.29, 1.82) is 0 Å². The summed E-state index contributed by atoms with van der Waals surface area (Å²) in [4.78, 5) is 12.3. The quantitative estimate of drug-likeness (QED) is 0.762. The number of benzene rings is 1. The second-order valence-electron chi connectivity index (χ2n) is 5.87. The molecule has 7 nitrogen and oxygen atoms in total. The number of aromatic nitrogens is 3. The lowest BCUT2D eigenvalue weighted by Gasteiger charge is -2.23. The normalized spacial score (nSPS) is 14.6. The van der Waals surface area contributed by atoms with Crippen molar-refractivity contribution in [2.24, 2.45) is 0 Å². The topological polar surface area (TPSA) is 81.1 Å². The molecule has 1 aromatic heterocycles. The molecule has 0 radical (unpaired) electrons. The zero-order chi connectivity index (χ0) is 16.8. The largest absolute Gasteiger partial charge is 0.492 e. The Kier molecular flexibility index (Phi) is 7.21. The van der Waals surface area contributed by atoms with Gasteiger partial charge in [-0.05, 0) is 45.0 Å². The molecular weight excluding hydrogens is 342 g/mol. The summed E-state index contributed by atoms with van der Waals surface area (Å²) in [6.45, 7) is 4.69. The van der Waals surface area contributed by atoms with E-state index in [1.807, 2.05) is 41.9 Å². The zero-order valence-corrected chi connectivity index (χ0v) is 15.1. The lowest BCUT2D eigenvalue weighted by Crippen LogP contribution is -2.31. The maximum absolute atomic E-state index is 12.3. The first-order valence-corrected chi connectivity index (χ1v) is 8.34. The van der Waals surface area contributed by atoms with E-state index in [4.69, 9.17) is 4.74 Å². The molecule has 8 heteroatoms. The van der Waals surface area contributed by atoms with Crippen LogP contribution in [0.5, 0.6) is 5.75 Å². The van der Waals surface area contributed by atoms with E-state index in [9.17, 15) is 4.79 Å². The number of amides is 1. The average Bonchev–Trinajstić information content (AvgIpc) is 3.02. The Labute approximate surface area is 153 Å². The lowest BCUT2D eigenvalue weighted by atomic mass is 10.1. The number of nitrogens with zero attached hydrogens (tertiary/aromatic N) is 3. The Morgan fingerprint density at radius 3 is 2.76 bits per heavy atom. The van der Waals surface area contributed by atoms with E-state index in [0.717, 1.165) is 37.4 Å². The lowest BCUT2D eigenvalue weighted by molar-refractivity contribution is 0.0941. The summed E-state index contributed by atoms with van der Waals surface area (Å²) in [7, 11) is 0. The predicted octanol–water partition coefficient (Wildman–Crippen LogP) is 1.74. The first kappa shape index (κ1) is 19.2. The fraction of sp³-hybridized carbons (Fsp3) is 0.471. The van der Waals surface area contributed by atoms with Crippen molar-refractivity contribution in [3.8, 4) is 5.75 Å². The maximum Gasteiger partial charge on any atom is 0.273 e. The molecular formula is C17H24ClN5O2. The summed E-state index contributed by atoms with van der Waals surface area (Å²) in [6, 6.07) is 9.85. The van der Waals surface area contributed by atoms with Gasteiger partial charge in [-0.2, -0.15) is 0 Å². The molecule has 25 heavy (non-hydrogen) atoms. The monoisotopic (exact) mass is 365 g/mol. The van der Waals surface area contributed by atoms with Gasteiger partial charge in [0.2, 0.25) is 0 Å². The van der Waals surface area contributed by atoms with Crippen molar-refractivity contribution < 1.29 is 9.53 Å². The third-order valence-corrected chi connectivity index (χ3v) is 4.20. The Balaban J connectivity index is 0.00000225. The van der Waals surface area contributed by atoms with Crippen LogP contribution in [-0.2, 0) is 0 Å². The van der Waals surface area contributed by atoms with Crippen molar-refractivity contribution in [1.82, 2.24) is 25.6 Å². The third kappa shape index (κ3) is 4.93. The third-order valence-electron chi connectivity index (χ3n) is 4.20. The SMILES string of the molecule is Cc1c(C(=O)NCCOc2ccccc2)nnn1C1CCNCC1.Cl. The first-order chi connectivity index (χ1) is 11.8. The van der Waals surface area contributed by atoms with E-state index in [0.29, 0.717) is 24.9 Å². The molecule has 1 amide bonds. The minimum Gasteiger partial charge on any atom is -0.492 e. The predicted molar refractivity (Wildman–Crippen MR) is 97.4 cm³/mol. The van der Waals surface area contributed by atoms with Gasteiger partial charge in [-0.1, -0.05) is 23.4 Å². The Morgan fingerprint density at radius 1 is 1.32 bits per heavy atom. The van der Waals surface area contributed by atoms with Crippen molar-refractivity contribution >= 4 is 18.3 Å². The second-order valence-corrected chi connectivity index (χ2v) is 5.87. The molecule has 1 aliphatic heterocycles. The highest BCUT2D eigenvalue weighted by molar-refractivity contribution is 5.93. The number of hydrogen-bond donors (Lipinski definition) is 2. The number of rotatable bonds is 6. The van der Waals surface area contributed by atoms with Gasteiger partial charge in [-0.25, -0.2) is 4.68 Å². The molecule has 2 heterocycles. The summed E-state index contributed by atoms with van der Waals surface area (Å²) < 4.78 is 7.45. The summed E-state index contributed by atoms with van der Waals surface area (Å²) in [5, 5.41) is 14.4. The molecule has 0 spiro atoms. The van der Waals surface area contributed by atoms with Gasteiger partial charge in [0.15, 0.2) is 5.69 Å². The number of carbonyl (C=O) groups is 1. The fourth-order valence-corrected chi connectivity index (χ4v) is 2.88. The van der Waals surface area contributed by atoms with Crippen LogP contribution in [-0.4, -0.2) is 47.1 Å². The van der Waals surface area contributed by atoms with Gasteiger partial charge >= 0.3 is 0 Å². The van der Waals surface area contributed by atoms with Gasteiger partial charge in [-0.3, -0.25) is 4.79 Å². The summed E-state index contributed by atoms with van der Waals surface area (Å²) in [6.07, 6.45) is 2.02. The van der Waals surface area contributed by atoms with Crippen LogP contribution in [0.25, 0.3) is 0 Å². The van der Waals surface area contributed by atoms with Crippen LogP contribution in [0.3, 0.4) is 0 Å². The van der Waals surface area contributed by atoms with Crippen molar-refractivity contribution in [2.45, 2.75) is 25.8 Å². The molecule has 1 fully saturated rings. The van der Waals surface area contributed by atoms with Crippen LogP contribution in [0, 0.1) is 6.92 Å². The van der Waals surface area contributed by atoms with E-state index in [1.54, 1.807) is 0 Å². The molecule has 0 aliphatic carbocycles. The van der Waals surface area contributed by atoms with Crippen LogP contribution in [0.4, 0.5) is 0 Å². The highest BCUT2D eigenvalue weighted by Gasteiger charge is 2.22. The minimum atomic E-state index is -0.204. The fourth-order valence-electron chi connectivity index (χ4n) is 2.88. The highest BCUT2D eigenvalue weighted by atomic mass is 35.5. The van der Waals surface area contributed by atoms with Gasteiger partial charge in [0, 0.05) is 0 Å². The van der Waals surface area contributed by atoms with Crippen molar-refractivity contribution in [3.05, 3.63) is 41.7 Å². The summed E-state index contributed by atoms with van der Waals surface area (Å²) in [5.74, 6) is 0.587. The average molecular weight is 366 g/mol. The van der Waals surface area contributed by atoms with E-state index >= 15 is 0 Å². The Bertz CT molecular complexity index is 671. The van der Waals surface area contributed by atoms with Gasteiger partial charge in [0.25, 0.3) is 5.91 Å². The van der Waals surface area contributed by atoms with Crippen molar-refractivity contribution in [2.75, 3.05) is 26.2 Å². The van der Waals surface area contributed by atoms with Gasteiger partial charge < -0.3 is 15.4 Å². The van der Waals surface area contributed by atoms with E-state index in [-0.39, 0.29) is 18.3 Å². The molecule has 2 aromatic rings. The maximum atomic E-state index is 12.3. The van der Waals surface area contributed by atoms with E-state index < -0.39 is 0 Å². The summed E-state index contributed by atoms with van der Waals surface area (Å²) in [5.41, 5.74) is 1.22. The molecule has 136 valence electrons. The number of carbonyl (C=O) groups excluding carboxylic acids is 1. The van der Waals surface area contributed by atoms with Crippen LogP contribution in [0.1, 0.15) is 35.1 Å². The first-order valence-electron chi connectivity index (χ1n) is 8.34. The highest BCUT2D eigenvalue weighted by Crippen LogP contribution is 2.20. The molecule has 0 atom stereocenters. The molecule has 3 rings (SSSR count). The molecule has 1 saturated heterocycles. The molecule has 2 N–H and O–H groups in total. The number of ether oxygens (including phenoxy) is 1. The van der Waals surface area contributed by atoms with Crippen molar-refractivity contribution in [3.63, 3.8) is 0 Å². The van der Waals surface area contributed by atoms with Crippen LogP contribution in [0.2, 0.25) is 0 Å². The van der Waals surface area contributed by atoms with Gasteiger partial charge in [0.1, 0.15) is 12.4 Å². The molecule has 1 aromatic carbocycles. The number of para-hydroxylation sites is 1. The molecule has 0 saturated carbocycles. The minimum absolute atomic E-state index is 0. The van der Waals surface area contributed by atoms with E-state index in [1.165, 1.54) is 0 Å². The van der Waals surface area contributed by atoms with Crippen LogP contribution in [0.15, 0.2) is 30.3 Å². The van der Waals surface area contributed by atoms with Crippen LogP contribution < -0.4 is 15.4 Å². The smallest absolute Gasteiger partial charge is 0.273 e. The molecule has 0 unspecified atom stereocenters. The molecule has 0 bridgehead atoms. The van der Waals surface area contributed by atoms with Crippen LogP contribution >= 0.6 is 12.4 Å². The molecule has 1 aliphatic rings. The number of hydrogen-bond acceptors (Lipinski definition) is 5. The number of halogens is 1. The number of piperidine rings is 1.